The number of benzene rings is 1. The van der Waals surface area contributed by atoms with E-state index in [2.05, 4.69) is 48.4 Å². The van der Waals surface area contributed by atoms with Crippen LogP contribution in [0.3, 0.4) is 0 Å². The van der Waals surface area contributed by atoms with Gasteiger partial charge in [0.05, 0.1) is 15.2 Å². The van der Waals surface area contributed by atoms with Crippen molar-refractivity contribution in [2.75, 3.05) is 7.11 Å². The maximum absolute atomic E-state index is 12.2. The summed E-state index contributed by atoms with van der Waals surface area (Å²) < 4.78 is 18.0. The highest BCUT2D eigenvalue weighted by atomic mass is 127. The molecule has 0 saturated carbocycles. The van der Waals surface area contributed by atoms with Crippen molar-refractivity contribution in [2.45, 2.75) is 58.0 Å². The average Bonchev–Trinajstić information content (AvgIpc) is 2.73. The molecule has 0 saturated heterocycles. The predicted molar refractivity (Wildman–Crippen MR) is 118 cm³/mol. The zero-order valence-electron chi connectivity index (χ0n) is 16.5. The monoisotopic (exact) mass is 501 g/mol. The Hall–Kier alpha value is -1.35. The molecular formula is C20H28INO4Si. The van der Waals surface area contributed by atoms with Gasteiger partial charge < -0.3 is 14.2 Å². The first kappa shape index (κ1) is 21.9. The van der Waals surface area contributed by atoms with Crippen LogP contribution in [0.2, 0.25) is 18.1 Å². The Labute approximate surface area is 176 Å². The lowest BCUT2D eigenvalue weighted by molar-refractivity contribution is -0.142. The van der Waals surface area contributed by atoms with Gasteiger partial charge >= 0.3 is 12.1 Å². The molecule has 1 atom stereocenters. The maximum Gasteiger partial charge on any atom is 0.390 e. The van der Waals surface area contributed by atoms with E-state index in [4.69, 9.17) is 14.2 Å². The molecule has 0 spiro atoms. The van der Waals surface area contributed by atoms with Gasteiger partial charge in [-0.25, -0.2) is 9.79 Å². The highest BCUT2D eigenvalue weighted by Crippen LogP contribution is 2.38. The van der Waals surface area contributed by atoms with Gasteiger partial charge in [-0.1, -0.05) is 91.8 Å². The van der Waals surface area contributed by atoms with Crippen LogP contribution in [-0.2, 0) is 25.6 Å². The van der Waals surface area contributed by atoms with Gasteiger partial charge in [0.15, 0.2) is 6.04 Å². The van der Waals surface area contributed by atoms with E-state index in [1.165, 1.54) is 10.3 Å². The highest BCUT2D eigenvalue weighted by molar-refractivity contribution is 14.1. The van der Waals surface area contributed by atoms with Crippen LogP contribution in [-0.4, -0.2) is 33.3 Å². The molecule has 1 aromatic rings. The molecule has 148 valence electrons. The zero-order chi connectivity index (χ0) is 19.9. The second kappa shape index (κ2) is 10.3. The van der Waals surface area contributed by atoms with Crippen LogP contribution in [0, 0.1) is 0 Å². The number of halogens is 1. The van der Waals surface area contributed by atoms with Crippen molar-refractivity contribution in [1.82, 2.24) is 0 Å². The Morgan fingerprint density at radius 2 is 1.85 bits per heavy atom. The molecule has 0 radical (unpaired) electrons. The number of carbonyl (C=O) groups is 1. The lowest BCUT2D eigenvalue weighted by Crippen LogP contribution is -2.36. The summed E-state index contributed by atoms with van der Waals surface area (Å²) in [5.74, 6) is 0.457. The number of nitrogens with zero attached hydrogens (tertiary/aromatic N) is 1. The minimum absolute atomic E-state index is 0.149. The maximum atomic E-state index is 12.2. The molecule has 0 aliphatic carbocycles. The molecule has 0 fully saturated rings. The molecule has 1 aliphatic heterocycles. The van der Waals surface area contributed by atoms with E-state index in [1.807, 2.05) is 30.3 Å². The molecule has 1 heterocycles. The third kappa shape index (κ3) is 5.34. The summed E-state index contributed by atoms with van der Waals surface area (Å²) in [5.41, 5.74) is 1.02. The molecule has 7 heteroatoms. The summed E-state index contributed by atoms with van der Waals surface area (Å²) in [4.78, 5) is 16.5. The van der Waals surface area contributed by atoms with Gasteiger partial charge in [0.2, 0.25) is 0 Å². The molecule has 5 nitrogen and oxygen atoms in total. The molecule has 0 bridgehead atoms. The van der Waals surface area contributed by atoms with Crippen molar-refractivity contribution in [3.05, 3.63) is 44.9 Å². The van der Waals surface area contributed by atoms with Crippen LogP contribution in [0.4, 0.5) is 0 Å². The average molecular weight is 501 g/mol. The van der Waals surface area contributed by atoms with Gasteiger partial charge in [0.1, 0.15) is 12.4 Å². The summed E-state index contributed by atoms with van der Waals surface area (Å²) in [5, 5.41) is 0. The summed E-state index contributed by atoms with van der Waals surface area (Å²) >= 11 is 2.42. The Kier molecular flexibility index (Phi) is 8.34. The fourth-order valence-electron chi connectivity index (χ4n) is 3.23. The number of esters is 1. The van der Waals surface area contributed by atoms with Crippen LogP contribution in [0.25, 0.3) is 0 Å². The molecule has 1 aliphatic rings. The van der Waals surface area contributed by atoms with Crippen molar-refractivity contribution in [3.8, 4) is 0 Å². The smallest absolute Gasteiger partial charge is 0.390 e. The number of aliphatic imine (C=N–C) groups is 1. The van der Waals surface area contributed by atoms with Crippen LogP contribution in [0.5, 0.6) is 0 Å². The molecule has 27 heavy (non-hydrogen) atoms. The Balaban J connectivity index is 2.29. The van der Waals surface area contributed by atoms with E-state index in [1.54, 1.807) is 0 Å². The molecule has 0 amide bonds. The molecule has 0 aromatic heterocycles. The number of hydrogen-bond acceptors (Lipinski definition) is 5. The Morgan fingerprint density at radius 1 is 1.22 bits per heavy atom. The molecular weight excluding hydrogens is 473 g/mol. The Morgan fingerprint density at radius 3 is 2.41 bits per heavy atom. The lowest BCUT2D eigenvalue weighted by atomic mass is 10.2. The van der Waals surface area contributed by atoms with E-state index in [-0.39, 0.29) is 12.1 Å². The van der Waals surface area contributed by atoms with Crippen molar-refractivity contribution in [1.29, 1.82) is 0 Å². The fraction of sp³-hybridized carbons (Fsp3) is 0.500. The number of hydrogen-bond donors (Lipinski definition) is 0. The number of carbonyl (C=O) groups excluding carboxylic acids is 1. The first-order chi connectivity index (χ1) is 13.0. The number of ether oxygens (including phenoxy) is 3. The van der Waals surface area contributed by atoms with Gasteiger partial charge in [-0.3, -0.25) is 0 Å². The summed E-state index contributed by atoms with van der Waals surface area (Å²) in [6.45, 7) is 7.09. The molecule has 1 aromatic carbocycles. The molecule has 0 unspecified atom stereocenters. The van der Waals surface area contributed by atoms with Gasteiger partial charge in [-0.15, -0.1) is 0 Å². The second-order valence-corrected chi connectivity index (χ2v) is 13.9. The predicted octanol–water partition coefficient (Wildman–Crippen LogP) is 5.22. The van der Waals surface area contributed by atoms with Crippen LogP contribution < -0.4 is 0 Å². The normalized spacial score (nSPS) is 19.0. The van der Waals surface area contributed by atoms with Crippen molar-refractivity contribution < 1.29 is 19.0 Å². The van der Waals surface area contributed by atoms with Gasteiger partial charge in [0, 0.05) is 9.62 Å². The second-order valence-electron chi connectivity index (χ2n) is 6.59. The largest absolute Gasteiger partial charge is 0.467 e. The number of methoxy groups -OCH3 is 1. The minimum Gasteiger partial charge on any atom is -0.467 e. The summed E-state index contributed by atoms with van der Waals surface area (Å²) in [6.07, 6.45) is 0.577. The van der Waals surface area contributed by atoms with E-state index in [9.17, 15) is 4.79 Å². The van der Waals surface area contributed by atoms with E-state index >= 15 is 0 Å². The number of rotatable bonds is 7. The summed E-state index contributed by atoms with van der Waals surface area (Å²) in [7, 11) is -0.236. The first-order valence-corrected chi connectivity index (χ1v) is 13.1. The van der Waals surface area contributed by atoms with E-state index in [0.717, 1.165) is 29.5 Å². The van der Waals surface area contributed by atoms with Gasteiger partial charge in [0.25, 0.3) is 0 Å². The standard InChI is InChI=1S/C20H28INO4Si/c1-5-27(6-2,7-3)18(21)17-13-16(19(23)24-4)22-20(26-17)25-14-15-11-9-8-10-12-15/h8-12,16H,5-7,13-14H2,1-4H3/b18-17-/t16-/m0/s1. The highest BCUT2D eigenvalue weighted by Gasteiger charge is 2.37. The molecule has 0 N–H and O–H groups in total. The summed E-state index contributed by atoms with van der Waals surface area (Å²) in [6, 6.07) is 12.6. The quantitative estimate of drug-likeness (QED) is 0.292. The van der Waals surface area contributed by atoms with Crippen molar-refractivity contribution in [2.24, 2.45) is 4.99 Å². The van der Waals surface area contributed by atoms with E-state index in [0.29, 0.717) is 13.0 Å². The van der Waals surface area contributed by atoms with Crippen molar-refractivity contribution in [3.63, 3.8) is 0 Å². The fourth-order valence-corrected chi connectivity index (χ4v) is 10.2. The molecule has 2 rings (SSSR count). The lowest BCUT2D eigenvalue weighted by Gasteiger charge is -2.31. The van der Waals surface area contributed by atoms with Gasteiger partial charge in [-0.05, 0) is 5.56 Å². The minimum atomic E-state index is -1.62. The Bertz CT molecular complexity index is 693. The van der Waals surface area contributed by atoms with Gasteiger partial charge in [-0.2, -0.15) is 0 Å². The zero-order valence-corrected chi connectivity index (χ0v) is 19.6. The SMILES string of the molecule is CC[Si](CC)(CC)/C(I)=C1/C[C@@H](C(=O)OC)N=C(OCc2ccccc2)O1. The topological polar surface area (TPSA) is 57.1 Å². The van der Waals surface area contributed by atoms with Crippen LogP contribution in [0.15, 0.2) is 44.3 Å². The van der Waals surface area contributed by atoms with Crippen LogP contribution in [0.1, 0.15) is 32.8 Å². The van der Waals surface area contributed by atoms with Crippen molar-refractivity contribution >= 4 is 42.7 Å². The third-order valence-electron chi connectivity index (χ3n) is 5.27. The first-order valence-electron chi connectivity index (χ1n) is 9.39. The van der Waals surface area contributed by atoms with Crippen LogP contribution >= 0.6 is 22.6 Å². The third-order valence-corrected chi connectivity index (χ3v) is 14.6. The van der Waals surface area contributed by atoms with E-state index < -0.39 is 14.1 Å².